The maximum Gasteiger partial charge on any atom is 0.236 e. The lowest BCUT2D eigenvalue weighted by Gasteiger charge is -2.06. The molecule has 0 radical (unpaired) electrons. The van der Waals surface area contributed by atoms with Gasteiger partial charge in [-0.2, -0.15) is 0 Å². The van der Waals surface area contributed by atoms with Crippen LogP contribution in [0, 0.1) is 6.92 Å². The Hall–Kier alpha value is -2.27. The van der Waals surface area contributed by atoms with Gasteiger partial charge in [0, 0.05) is 0 Å². The number of para-hydroxylation sites is 2. The summed E-state index contributed by atoms with van der Waals surface area (Å²) in [5.41, 5.74) is 7.24. The molecule has 0 atom stereocenters. The molecule has 0 aliphatic rings. The Balaban J connectivity index is 1.77. The summed E-state index contributed by atoms with van der Waals surface area (Å²) in [6.45, 7) is 2.23. The smallest absolute Gasteiger partial charge is 0.236 e. The summed E-state index contributed by atoms with van der Waals surface area (Å²) in [5.74, 6) is 2.06. The molecule has 0 amide bonds. The SMILES string of the molecule is Cc1oc(-c2cccs2)nc1COc1ccccc1N. The van der Waals surface area contributed by atoms with Crippen LogP contribution < -0.4 is 10.5 Å². The van der Waals surface area contributed by atoms with E-state index >= 15 is 0 Å². The Morgan fingerprint density at radius 1 is 1.25 bits per heavy atom. The molecule has 0 fully saturated rings. The number of nitrogen functional groups attached to an aromatic ring is 1. The van der Waals surface area contributed by atoms with Crippen LogP contribution in [-0.4, -0.2) is 4.98 Å². The first-order chi connectivity index (χ1) is 9.74. The zero-order valence-electron chi connectivity index (χ0n) is 11.0. The Labute approximate surface area is 120 Å². The van der Waals surface area contributed by atoms with E-state index in [-0.39, 0.29) is 0 Å². The van der Waals surface area contributed by atoms with Crippen molar-refractivity contribution in [3.8, 4) is 16.5 Å². The van der Waals surface area contributed by atoms with Gasteiger partial charge in [-0.25, -0.2) is 4.98 Å². The lowest BCUT2D eigenvalue weighted by atomic mass is 10.3. The average molecular weight is 286 g/mol. The average Bonchev–Trinajstić information content (AvgIpc) is 3.07. The second kappa shape index (κ2) is 5.38. The maximum atomic E-state index is 5.84. The summed E-state index contributed by atoms with van der Waals surface area (Å²) in [7, 11) is 0. The fourth-order valence-corrected chi connectivity index (χ4v) is 2.47. The fourth-order valence-electron chi connectivity index (χ4n) is 1.83. The van der Waals surface area contributed by atoms with Crippen molar-refractivity contribution in [2.45, 2.75) is 13.5 Å². The van der Waals surface area contributed by atoms with Crippen molar-refractivity contribution in [2.75, 3.05) is 5.73 Å². The van der Waals surface area contributed by atoms with E-state index in [4.69, 9.17) is 14.9 Å². The Bertz CT molecular complexity index is 704. The van der Waals surface area contributed by atoms with Crippen LogP contribution in [0.3, 0.4) is 0 Å². The molecule has 2 N–H and O–H groups in total. The number of oxazole rings is 1. The van der Waals surface area contributed by atoms with Gasteiger partial charge in [-0.1, -0.05) is 18.2 Å². The highest BCUT2D eigenvalue weighted by molar-refractivity contribution is 7.13. The molecule has 0 spiro atoms. The molecule has 3 rings (SSSR count). The summed E-state index contributed by atoms with van der Waals surface area (Å²) in [4.78, 5) is 5.49. The van der Waals surface area contributed by atoms with E-state index in [1.165, 1.54) is 0 Å². The maximum absolute atomic E-state index is 5.84. The number of thiophene rings is 1. The first-order valence-corrected chi connectivity index (χ1v) is 7.09. The van der Waals surface area contributed by atoms with Crippen molar-refractivity contribution in [1.29, 1.82) is 0 Å². The summed E-state index contributed by atoms with van der Waals surface area (Å²) in [5, 5.41) is 2.00. The monoisotopic (exact) mass is 286 g/mol. The number of benzene rings is 1. The molecule has 0 unspecified atom stereocenters. The van der Waals surface area contributed by atoms with E-state index in [0.29, 0.717) is 23.9 Å². The van der Waals surface area contributed by atoms with Crippen molar-refractivity contribution in [2.24, 2.45) is 0 Å². The van der Waals surface area contributed by atoms with Crippen LogP contribution in [-0.2, 0) is 6.61 Å². The molecule has 1 aromatic carbocycles. The molecule has 20 heavy (non-hydrogen) atoms. The fraction of sp³-hybridized carbons (Fsp3) is 0.133. The number of nitrogens with zero attached hydrogens (tertiary/aromatic N) is 1. The van der Waals surface area contributed by atoms with Gasteiger partial charge in [0.1, 0.15) is 23.8 Å². The van der Waals surface area contributed by atoms with Crippen LogP contribution in [0.25, 0.3) is 10.8 Å². The number of anilines is 1. The largest absolute Gasteiger partial charge is 0.485 e. The van der Waals surface area contributed by atoms with Gasteiger partial charge in [-0.3, -0.25) is 0 Å². The molecular formula is C15H14N2O2S. The molecule has 5 heteroatoms. The van der Waals surface area contributed by atoms with Crippen molar-refractivity contribution in [3.63, 3.8) is 0 Å². The summed E-state index contributed by atoms with van der Waals surface area (Å²) in [6, 6.07) is 11.4. The van der Waals surface area contributed by atoms with Gasteiger partial charge >= 0.3 is 0 Å². The van der Waals surface area contributed by atoms with Crippen LogP contribution in [0.4, 0.5) is 5.69 Å². The van der Waals surface area contributed by atoms with Crippen LogP contribution in [0.5, 0.6) is 5.75 Å². The van der Waals surface area contributed by atoms with Gasteiger partial charge in [0.05, 0.1) is 10.6 Å². The summed E-state index contributed by atoms with van der Waals surface area (Å²) >= 11 is 1.60. The number of ether oxygens (including phenoxy) is 1. The predicted molar refractivity (Wildman–Crippen MR) is 79.7 cm³/mol. The van der Waals surface area contributed by atoms with E-state index < -0.39 is 0 Å². The quantitative estimate of drug-likeness (QED) is 0.739. The molecule has 0 bridgehead atoms. The van der Waals surface area contributed by atoms with Gasteiger partial charge in [0.25, 0.3) is 0 Å². The lowest BCUT2D eigenvalue weighted by molar-refractivity contribution is 0.301. The number of hydrogen-bond acceptors (Lipinski definition) is 5. The van der Waals surface area contributed by atoms with Gasteiger partial charge in [-0.05, 0) is 30.5 Å². The molecule has 0 aliphatic heterocycles. The van der Waals surface area contributed by atoms with Crippen LogP contribution in [0.1, 0.15) is 11.5 Å². The second-order valence-corrected chi connectivity index (χ2v) is 5.27. The van der Waals surface area contributed by atoms with E-state index in [0.717, 1.165) is 16.3 Å². The van der Waals surface area contributed by atoms with Crippen LogP contribution in [0.2, 0.25) is 0 Å². The molecule has 2 heterocycles. The lowest BCUT2D eigenvalue weighted by Crippen LogP contribution is -2.00. The Morgan fingerprint density at radius 2 is 2.10 bits per heavy atom. The highest BCUT2D eigenvalue weighted by Crippen LogP contribution is 2.27. The molecule has 0 aliphatic carbocycles. The highest BCUT2D eigenvalue weighted by atomic mass is 32.1. The minimum absolute atomic E-state index is 0.342. The van der Waals surface area contributed by atoms with Crippen molar-refractivity contribution in [3.05, 3.63) is 53.2 Å². The normalized spacial score (nSPS) is 10.7. The first-order valence-electron chi connectivity index (χ1n) is 6.21. The number of rotatable bonds is 4. The number of nitrogens with two attached hydrogens (primary N) is 1. The van der Waals surface area contributed by atoms with Crippen molar-refractivity contribution in [1.82, 2.24) is 4.98 Å². The highest BCUT2D eigenvalue weighted by Gasteiger charge is 2.13. The zero-order valence-corrected chi connectivity index (χ0v) is 11.8. The number of aromatic nitrogens is 1. The molecule has 3 aromatic rings. The van der Waals surface area contributed by atoms with Gasteiger partial charge in [-0.15, -0.1) is 11.3 Å². The van der Waals surface area contributed by atoms with Crippen molar-refractivity contribution >= 4 is 17.0 Å². The van der Waals surface area contributed by atoms with E-state index in [1.54, 1.807) is 11.3 Å². The number of aryl methyl sites for hydroxylation is 1. The molecule has 0 saturated carbocycles. The van der Waals surface area contributed by atoms with Gasteiger partial charge in [0.15, 0.2) is 0 Å². The van der Waals surface area contributed by atoms with Crippen molar-refractivity contribution < 1.29 is 9.15 Å². The molecule has 102 valence electrons. The molecular weight excluding hydrogens is 272 g/mol. The molecule has 2 aromatic heterocycles. The third-order valence-electron chi connectivity index (χ3n) is 2.91. The minimum atomic E-state index is 0.342. The van der Waals surface area contributed by atoms with Gasteiger partial charge < -0.3 is 14.9 Å². The predicted octanol–water partition coefficient (Wildman–Crippen LogP) is 3.87. The van der Waals surface area contributed by atoms with E-state index in [2.05, 4.69) is 4.98 Å². The topological polar surface area (TPSA) is 61.3 Å². The Morgan fingerprint density at radius 3 is 2.85 bits per heavy atom. The third kappa shape index (κ3) is 2.53. The molecule has 4 nitrogen and oxygen atoms in total. The standard InChI is InChI=1S/C15H14N2O2S/c1-10-12(9-18-13-6-3-2-5-11(13)16)17-15(19-10)14-7-4-8-20-14/h2-8H,9,16H2,1H3. The van der Waals surface area contributed by atoms with Crippen LogP contribution >= 0.6 is 11.3 Å². The van der Waals surface area contributed by atoms with Gasteiger partial charge in [0.2, 0.25) is 5.89 Å². The summed E-state index contributed by atoms with van der Waals surface area (Å²) in [6.07, 6.45) is 0. The first kappa shape index (κ1) is 12.7. The van der Waals surface area contributed by atoms with Crippen LogP contribution in [0.15, 0.2) is 46.2 Å². The molecule has 0 saturated heterocycles. The third-order valence-corrected chi connectivity index (χ3v) is 3.77. The second-order valence-electron chi connectivity index (χ2n) is 4.33. The minimum Gasteiger partial charge on any atom is -0.485 e. The van der Waals surface area contributed by atoms with E-state index in [9.17, 15) is 0 Å². The summed E-state index contributed by atoms with van der Waals surface area (Å²) < 4.78 is 11.4. The zero-order chi connectivity index (χ0) is 13.9. The van der Waals surface area contributed by atoms with E-state index in [1.807, 2.05) is 48.7 Å². The Kier molecular flexibility index (Phi) is 3.43. The number of hydrogen-bond donors (Lipinski definition) is 1.